The number of nitrogens with two attached hydrogens (primary N) is 1. The molecule has 0 radical (unpaired) electrons. The minimum Gasteiger partial charge on any atom is -0.508 e. The number of phenolic OH excluding ortho intramolecular Hbond substituents is 1. The van der Waals surface area contributed by atoms with Crippen molar-refractivity contribution in [3.8, 4) is 5.75 Å². The van der Waals surface area contributed by atoms with Gasteiger partial charge in [0, 0.05) is 38.9 Å². The van der Waals surface area contributed by atoms with Crippen molar-refractivity contribution in [2.24, 2.45) is 17.6 Å². The van der Waals surface area contributed by atoms with Gasteiger partial charge >= 0.3 is 0 Å². The molecule has 24 heteroatoms. The van der Waals surface area contributed by atoms with Crippen LogP contribution >= 0.6 is 0 Å². The number of aliphatic hydroxyl groups is 7. The second-order valence-electron chi connectivity index (χ2n) is 20.5. The summed E-state index contributed by atoms with van der Waals surface area (Å²) in [5, 5.41) is 99.8. The maximum atomic E-state index is 14.4. The van der Waals surface area contributed by atoms with Crippen LogP contribution in [0.2, 0.25) is 0 Å². The third-order valence-corrected chi connectivity index (χ3v) is 14.2. The first kappa shape index (κ1) is 61.1. The lowest BCUT2D eigenvalue weighted by Crippen LogP contribution is -2.64. The third kappa shape index (κ3) is 17.6. The second-order valence-corrected chi connectivity index (χ2v) is 20.5. The molecule has 1 aromatic rings. The van der Waals surface area contributed by atoms with Gasteiger partial charge in [0.25, 0.3) is 0 Å². The van der Waals surface area contributed by atoms with E-state index in [0.29, 0.717) is 18.3 Å². The zero-order valence-corrected chi connectivity index (χ0v) is 42.8. The number of hydrogen-bond donors (Lipinski definition) is 14. The number of aliphatic hydroxyl groups excluding tert-OH is 7. The summed E-state index contributed by atoms with van der Waals surface area (Å²) in [4.78, 5) is 112. The van der Waals surface area contributed by atoms with Gasteiger partial charge in [0.2, 0.25) is 47.3 Å². The summed E-state index contributed by atoms with van der Waals surface area (Å²) in [7, 11) is 0. The summed E-state index contributed by atoms with van der Waals surface area (Å²) in [6.45, 7) is 6.32. The molecule has 416 valence electrons. The lowest BCUT2D eigenvalue weighted by Gasteiger charge is -2.34. The highest BCUT2D eigenvalue weighted by Crippen LogP contribution is 2.26. The van der Waals surface area contributed by atoms with Crippen LogP contribution in [0.25, 0.3) is 0 Å². The summed E-state index contributed by atoms with van der Waals surface area (Å²) in [5.41, 5.74) is 5.24. The molecule has 1 aromatic carbocycles. The summed E-state index contributed by atoms with van der Waals surface area (Å²) in [5.74, 6) is -7.85. The lowest BCUT2D eigenvalue weighted by atomic mass is 9.91. The van der Waals surface area contributed by atoms with E-state index in [-0.39, 0.29) is 30.7 Å². The van der Waals surface area contributed by atoms with Crippen LogP contribution in [0.3, 0.4) is 0 Å². The van der Waals surface area contributed by atoms with Gasteiger partial charge in [-0.05, 0) is 55.7 Å². The molecule has 74 heavy (non-hydrogen) atoms. The highest BCUT2D eigenvalue weighted by molar-refractivity contribution is 5.98. The number of benzene rings is 1. The standard InChI is InChI=1S/C50H80N8O16/c1-5-26(2)20-27(3)12-10-8-6-7-9-11-13-38(66)53-33-21-31(61)24-52-48(72)42-35(63)18-19-57(42)50(74)40(36(64)23-37(51)65)55-47(71)41(44(68)43(67)29-14-16-30(60)17-15-29)56-46(70)34-22-32(62)25-58(34)49(73)39(28(4)59)54-45(33)69/h14-17,26-28,31-36,39-44,59-64,67-68H,5-13,18-25H2,1-4H3,(H2,51,65)(H,52,72)(H,53,66)(H,54,69)(H,55,71)(H,56,70)/t26?,27?,28-,31-,32-,33+,34+,35+,36-,39+,40+,41+,42+,43+,44+/m1/s1. The third-order valence-electron chi connectivity index (χ3n) is 14.2. The molecule has 0 spiro atoms. The van der Waals surface area contributed by atoms with Crippen molar-refractivity contribution >= 4 is 47.3 Å². The van der Waals surface area contributed by atoms with Crippen LogP contribution in [0, 0.1) is 11.8 Å². The van der Waals surface area contributed by atoms with Crippen LogP contribution < -0.4 is 32.3 Å². The van der Waals surface area contributed by atoms with E-state index < -0.39 is 159 Å². The van der Waals surface area contributed by atoms with Gasteiger partial charge in [-0.15, -0.1) is 0 Å². The number of carbonyl (C=O) groups is 8. The number of primary amides is 1. The zero-order chi connectivity index (χ0) is 55.0. The minimum atomic E-state index is -2.33. The van der Waals surface area contributed by atoms with E-state index >= 15 is 0 Å². The predicted molar refractivity (Wildman–Crippen MR) is 264 cm³/mol. The van der Waals surface area contributed by atoms with E-state index in [1.54, 1.807) is 0 Å². The predicted octanol–water partition coefficient (Wildman–Crippen LogP) is -2.66. The Balaban J connectivity index is 1.67. The van der Waals surface area contributed by atoms with Gasteiger partial charge in [-0.25, -0.2) is 0 Å². The summed E-state index contributed by atoms with van der Waals surface area (Å²) in [6, 6.07) is -6.74. The molecule has 0 bridgehead atoms. The number of nitrogens with one attached hydrogen (secondary N) is 5. The fourth-order valence-electron chi connectivity index (χ4n) is 9.77. The van der Waals surface area contributed by atoms with E-state index in [0.717, 1.165) is 73.8 Å². The number of β-amino-alcohol motifs (C(OH)–C–C–N with tert-alkyl or cyclic N) is 1. The van der Waals surface area contributed by atoms with E-state index in [1.807, 2.05) is 0 Å². The van der Waals surface area contributed by atoms with Crippen LogP contribution in [0.15, 0.2) is 24.3 Å². The van der Waals surface area contributed by atoms with Crippen LogP contribution in [-0.2, 0) is 38.4 Å². The highest BCUT2D eigenvalue weighted by atomic mass is 16.3. The number of hydrogen-bond acceptors (Lipinski definition) is 16. The first-order chi connectivity index (χ1) is 34.9. The highest BCUT2D eigenvalue weighted by Gasteiger charge is 2.48. The molecule has 3 aliphatic heterocycles. The van der Waals surface area contributed by atoms with Crippen molar-refractivity contribution in [2.75, 3.05) is 19.6 Å². The number of phenols is 1. The summed E-state index contributed by atoms with van der Waals surface area (Å²) >= 11 is 0. The molecule has 24 nitrogen and oxygen atoms in total. The van der Waals surface area contributed by atoms with Gasteiger partial charge < -0.3 is 83.0 Å². The van der Waals surface area contributed by atoms with Crippen molar-refractivity contribution in [2.45, 2.75) is 197 Å². The number of aromatic hydroxyl groups is 1. The number of rotatable bonds is 20. The molecule has 0 saturated carbocycles. The quantitative estimate of drug-likeness (QED) is 0.0593. The molecule has 2 unspecified atom stereocenters. The average Bonchev–Trinajstić information content (AvgIpc) is 3.94. The van der Waals surface area contributed by atoms with Gasteiger partial charge in [-0.3, -0.25) is 38.4 Å². The lowest BCUT2D eigenvalue weighted by molar-refractivity contribution is -0.148. The van der Waals surface area contributed by atoms with Crippen LogP contribution in [0.4, 0.5) is 0 Å². The Morgan fingerprint density at radius 3 is 1.99 bits per heavy atom. The van der Waals surface area contributed by atoms with Gasteiger partial charge in [0.1, 0.15) is 54.2 Å². The fraction of sp³-hybridized carbons (Fsp3) is 0.720. The van der Waals surface area contributed by atoms with E-state index in [9.17, 15) is 79.2 Å². The number of carbonyl (C=O) groups excluding carboxylic acids is 8. The Morgan fingerprint density at radius 1 is 0.743 bits per heavy atom. The van der Waals surface area contributed by atoms with Crippen molar-refractivity contribution in [3.05, 3.63) is 29.8 Å². The molecule has 3 fully saturated rings. The Morgan fingerprint density at radius 2 is 1.35 bits per heavy atom. The van der Waals surface area contributed by atoms with Crippen LogP contribution in [0.1, 0.15) is 129 Å². The van der Waals surface area contributed by atoms with E-state index in [2.05, 4.69) is 47.4 Å². The molecular formula is C50H80N8O16. The van der Waals surface area contributed by atoms with Gasteiger partial charge in [-0.1, -0.05) is 77.8 Å². The molecule has 0 aliphatic carbocycles. The number of unbranched alkanes of at least 4 members (excludes halogenated alkanes) is 5. The maximum Gasteiger partial charge on any atom is 0.248 e. The van der Waals surface area contributed by atoms with E-state index in [4.69, 9.17) is 5.73 Å². The first-order valence-corrected chi connectivity index (χ1v) is 25.9. The van der Waals surface area contributed by atoms with Crippen LogP contribution in [-0.4, -0.2) is 190 Å². The van der Waals surface area contributed by atoms with E-state index in [1.165, 1.54) is 18.6 Å². The summed E-state index contributed by atoms with van der Waals surface area (Å²) < 4.78 is 0. The van der Waals surface area contributed by atoms with Crippen molar-refractivity contribution in [1.29, 1.82) is 0 Å². The Kier molecular flexibility index (Phi) is 23.9. The molecular weight excluding hydrogens is 969 g/mol. The van der Waals surface area contributed by atoms with Crippen molar-refractivity contribution in [3.63, 3.8) is 0 Å². The molecule has 0 aromatic heterocycles. The largest absolute Gasteiger partial charge is 0.508 e. The number of amides is 8. The molecule has 15 atom stereocenters. The maximum absolute atomic E-state index is 14.4. The molecule has 8 amide bonds. The minimum absolute atomic E-state index is 0.0125. The second kappa shape index (κ2) is 29.0. The molecule has 4 rings (SSSR count). The Bertz CT molecular complexity index is 2070. The molecule has 15 N–H and O–H groups in total. The molecule has 3 saturated heterocycles. The van der Waals surface area contributed by atoms with Gasteiger partial charge in [0.15, 0.2) is 0 Å². The van der Waals surface area contributed by atoms with Gasteiger partial charge in [0.05, 0.1) is 36.9 Å². The SMILES string of the molecule is CCC(C)CC(C)CCCCCCCCC(=O)N[C@H]1C[C@@H](O)CNC(=O)[C@@H]2[C@@H](O)CCN2C(=O)[C@H]([C@H](O)CC(N)=O)NC(=O)[C@H]([C@H](O)[C@@H](O)c2ccc(O)cc2)NC(=O)[C@@H]2C[C@@H](O)CN2C(=O)[C@H]([C@@H](C)O)NC1=O. The number of fused-ring (bicyclic) bond motifs is 2. The topological polar surface area (TPSA) is 391 Å². The van der Waals surface area contributed by atoms with Gasteiger partial charge in [-0.2, -0.15) is 0 Å². The Labute approximate surface area is 431 Å². The number of nitrogens with zero attached hydrogens (tertiary/aromatic N) is 2. The van der Waals surface area contributed by atoms with Crippen molar-refractivity contribution < 1.29 is 79.2 Å². The monoisotopic (exact) mass is 1050 g/mol. The average molecular weight is 1050 g/mol. The molecule has 3 aliphatic rings. The normalized spacial score (nSPS) is 28.2. The molecule has 3 heterocycles. The summed E-state index contributed by atoms with van der Waals surface area (Å²) in [6.07, 6.45) is -6.34. The van der Waals surface area contributed by atoms with Crippen molar-refractivity contribution in [1.82, 2.24) is 36.4 Å². The Hall–Kier alpha value is -5.50. The first-order valence-electron chi connectivity index (χ1n) is 25.9. The zero-order valence-electron chi connectivity index (χ0n) is 42.8. The van der Waals surface area contributed by atoms with Crippen LogP contribution in [0.5, 0.6) is 5.75 Å². The fourth-order valence-corrected chi connectivity index (χ4v) is 9.77. The smallest absolute Gasteiger partial charge is 0.248 e.